The van der Waals surface area contributed by atoms with Crippen LogP contribution in [0.15, 0.2) is 34.9 Å². The molecule has 1 atom stereocenters. The number of anilines is 1. The molecule has 1 unspecified atom stereocenters. The van der Waals surface area contributed by atoms with Gasteiger partial charge in [0.2, 0.25) is 0 Å². The maximum absolute atomic E-state index is 12.6. The van der Waals surface area contributed by atoms with Gasteiger partial charge in [-0.2, -0.15) is 0 Å². The van der Waals surface area contributed by atoms with Gasteiger partial charge in [-0.3, -0.25) is 9.59 Å². The van der Waals surface area contributed by atoms with Crippen LogP contribution in [0.4, 0.5) is 5.69 Å². The Kier molecular flexibility index (Phi) is 4.74. The van der Waals surface area contributed by atoms with Gasteiger partial charge in [0.1, 0.15) is 24.2 Å². The van der Waals surface area contributed by atoms with Gasteiger partial charge in [-0.05, 0) is 18.1 Å². The average Bonchev–Trinajstić information content (AvgIpc) is 3.01. The molecule has 1 aliphatic rings. The number of carbonyl (C=O) groups is 2. The van der Waals surface area contributed by atoms with Crippen LogP contribution in [0.1, 0.15) is 30.1 Å². The zero-order valence-corrected chi connectivity index (χ0v) is 14.5. The Morgan fingerprint density at radius 3 is 2.92 bits per heavy atom. The lowest BCUT2D eigenvalue weighted by Gasteiger charge is -2.19. The van der Waals surface area contributed by atoms with Gasteiger partial charge in [-0.15, -0.1) is 0 Å². The van der Waals surface area contributed by atoms with Crippen LogP contribution in [-0.2, 0) is 11.2 Å². The standard InChI is InChI=1S/C18H21N3O4/c1-11(2)8-12-9-13(20-25-12)17(22)19-14-10-24-16-7-5-4-6-15(16)21(3)18(14)23/h4-7,9,11,14H,8,10H2,1-3H3,(H,19,22). The average molecular weight is 343 g/mol. The van der Waals surface area contributed by atoms with Crippen LogP contribution in [-0.4, -0.2) is 36.7 Å². The molecule has 1 aromatic carbocycles. The summed E-state index contributed by atoms with van der Waals surface area (Å²) in [4.78, 5) is 26.5. The van der Waals surface area contributed by atoms with Crippen molar-refractivity contribution in [2.75, 3.05) is 18.6 Å². The molecule has 2 amide bonds. The van der Waals surface area contributed by atoms with E-state index in [0.717, 1.165) is 0 Å². The molecule has 0 aliphatic carbocycles. The minimum Gasteiger partial charge on any atom is -0.489 e. The number of benzene rings is 1. The highest BCUT2D eigenvalue weighted by Gasteiger charge is 2.31. The lowest BCUT2D eigenvalue weighted by atomic mass is 10.1. The topological polar surface area (TPSA) is 84.7 Å². The third-order valence-electron chi connectivity index (χ3n) is 3.97. The molecule has 1 aliphatic heterocycles. The Morgan fingerprint density at radius 1 is 1.40 bits per heavy atom. The summed E-state index contributed by atoms with van der Waals surface area (Å²) < 4.78 is 10.8. The first-order valence-electron chi connectivity index (χ1n) is 8.21. The molecule has 7 heteroatoms. The number of likely N-dealkylation sites (N-methyl/N-ethyl adjacent to an activating group) is 1. The molecule has 0 saturated heterocycles. The number of aromatic nitrogens is 1. The largest absolute Gasteiger partial charge is 0.489 e. The van der Waals surface area contributed by atoms with Gasteiger partial charge in [-0.1, -0.05) is 31.1 Å². The molecular formula is C18H21N3O4. The first kappa shape index (κ1) is 17.0. The third-order valence-corrected chi connectivity index (χ3v) is 3.97. The fourth-order valence-corrected chi connectivity index (χ4v) is 2.71. The van der Waals surface area contributed by atoms with Crippen molar-refractivity contribution in [2.45, 2.75) is 26.3 Å². The number of nitrogens with zero attached hydrogens (tertiary/aromatic N) is 2. The SMILES string of the molecule is CC(C)Cc1cc(C(=O)NC2COc3ccccc3N(C)C2=O)no1. The minimum atomic E-state index is -0.796. The molecule has 1 aromatic heterocycles. The molecule has 2 aromatic rings. The first-order valence-corrected chi connectivity index (χ1v) is 8.21. The van der Waals surface area contributed by atoms with Gasteiger partial charge in [0.25, 0.3) is 11.8 Å². The maximum Gasteiger partial charge on any atom is 0.274 e. The van der Waals surface area contributed by atoms with Crippen LogP contribution in [0.3, 0.4) is 0 Å². The fraction of sp³-hybridized carbons (Fsp3) is 0.389. The van der Waals surface area contributed by atoms with E-state index in [1.165, 1.54) is 4.90 Å². The Hall–Kier alpha value is -2.83. The number of rotatable bonds is 4. The number of carbonyl (C=O) groups excluding carboxylic acids is 2. The molecule has 0 saturated carbocycles. The predicted molar refractivity (Wildman–Crippen MR) is 91.6 cm³/mol. The van der Waals surface area contributed by atoms with E-state index in [1.807, 2.05) is 12.1 Å². The van der Waals surface area contributed by atoms with Crippen molar-refractivity contribution in [3.63, 3.8) is 0 Å². The lowest BCUT2D eigenvalue weighted by molar-refractivity contribution is -0.120. The zero-order chi connectivity index (χ0) is 18.0. The van der Waals surface area contributed by atoms with Crippen molar-refractivity contribution in [1.82, 2.24) is 10.5 Å². The van der Waals surface area contributed by atoms with E-state index in [9.17, 15) is 9.59 Å². The van der Waals surface area contributed by atoms with Crippen molar-refractivity contribution in [3.05, 3.63) is 41.8 Å². The Bertz CT molecular complexity index is 784. The van der Waals surface area contributed by atoms with Gasteiger partial charge in [-0.25, -0.2) is 0 Å². The van der Waals surface area contributed by atoms with Gasteiger partial charge >= 0.3 is 0 Å². The van der Waals surface area contributed by atoms with Crippen molar-refractivity contribution < 1.29 is 18.8 Å². The summed E-state index contributed by atoms with van der Waals surface area (Å²) in [6, 6.07) is 8.07. The van der Waals surface area contributed by atoms with E-state index in [0.29, 0.717) is 29.5 Å². The van der Waals surface area contributed by atoms with Gasteiger partial charge in [0.05, 0.1) is 5.69 Å². The third kappa shape index (κ3) is 3.65. The van der Waals surface area contributed by atoms with Crippen LogP contribution in [0.25, 0.3) is 0 Å². The Labute approximate surface area is 145 Å². The van der Waals surface area contributed by atoms with Crippen LogP contribution in [0, 0.1) is 5.92 Å². The van der Waals surface area contributed by atoms with Gasteiger partial charge < -0.3 is 19.5 Å². The quantitative estimate of drug-likeness (QED) is 0.918. The maximum atomic E-state index is 12.6. The number of nitrogens with one attached hydrogen (secondary N) is 1. The van der Waals surface area contributed by atoms with Crippen LogP contribution < -0.4 is 15.0 Å². The van der Waals surface area contributed by atoms with E-state index < -0.39 is 11.9 Å². The van der Waals surface area contributed by atoms with Crippen molar-refractivity contribution >= 4 is 17.5 Å². The predicted octanol–water partition coefficient (Wildman–Crippen LogP) is 2.03. The first-order chi connectivity index (χ1) is 12.0. The number of hydrogen-bond acceptors (Lipinski definition) is 5. The number of fused-ring (bicyclic) bond motifs is 1. The van der Waals surface area contributed by atoms with Crippen molar-refractivity contribution in [1.29, 1.82) is 0 Å². The molecular weight excluding hydrogens is 322 g/mol. The van der Waals surface area contributed by atoms with Crippen molar-refractivity contribution in [3.8, 4) is 5.75 Å². The lowest BCUT2D eigenvalue weighted by Crippen LogP contribution is -2.49. The molecule has 0 bridgehead atoms. The van der Waals surface area contributed by atoms with E-state index >= 15 is 0 Å². The summed E-state index contributed by atoms with van der Waals surface area (Å²) >= 11 is 0. The smallest absolute Gasteiger partial charge is 0.274 e. The molecule has 0 spiro atoms. The van der Waals surface area contributed by atoms with E-state index in [-0.39, 0.29) is 18.2 Å². The van der Waals surface area contributed by atoms with Gasteiger partial charge in [0.15, 0.2) is 5.69 Å². The van der Waals surface area contributed by atoms with E-state index in [4.69, 9.17) is 9.26 Å². The highest BCUT2D eigenvalue weighted by atomic mass is 16.5. The fourth-order valence-electron chi connectivity index (χ4n) is 2.71. The highest BCUT2D eigenvalue weighted by molar-refractivity contribution is 6.02. The minimum absolute atomic E-state index is 0.0582. The van der Waals surface area contributed by atoms with Crippen molar-refractivity contribution in [2.24, 2.45) is 5.92 Å². The van der Waals surface area contributed by atoms with E-state index in [2.05, 4.69) is 24.3 Å². The molecule has 0 radical (unpaired) electrons. The highest BCUT2D eigenvalue weighted by Crippen LogP contribution is 2.29. The summed E-state index contributed by atoms with van der Waals surface area (Å²) in [5.41, 5.74) is 0.831. The molecule has 7 nitrogen and oxygen atoms in total. The number of amides is 2. The van der Waals surface area contributed by atoms with Crippen LogP contribution >= 0.6 is 0 Å². The van der Waals surface area contributed by atoms with Crippen LogP contribution in [0.5, 0.6) is 5.75 Å². The summed E-state index contributed by atoms with van der Waals surface area (Å²) in [5.74, 6) is 0.945. The molecule has 132 valence electrons. The van der Waals surface area contributed by atoms with E-state index in [1.54, 1.807) is 25.2 Å². The summed E-state index contributed by atoms with van der Waals surface area (Å²) in [6.07, 6.45) is 0.698. The Morgan fingerprint density at radius 2 is 2.16 bits per heavy atom. The normalized spacial score (nSPS) is 17.0. The summed E-state index contributed by atoms with van der Waals surface area (Å²) in [5, 5.41) is 6.47. The summed E-state index contributed by atoms with van der Waals surface area (Å²) in [7, 11) is 1.66. The number of ether oxygens (including phenoxy) is 1. The molecule has 1 N–H and O–H groups in total. The monoisotopic (exact) mass is 343 g/mol. The molecule has 25 heavy (non-hydrogen) atoms. The number of para-hydroxylation sites is 2. The summed E-state index contributed by atoms with van der Waals surface area (Å²) in [6.45, 7) is 4.16. The second kappa shape index (κ2) is 6.96. The Balaban J connectivity index is 1.71. The van der Waals surface area contributed by atoms with Gasteiger partial charge in [0, 0.05) is 19.5 Å². The molecule has 3 rings (SSSR count). The second-order valence-electron chi connectivity index (χ2n) is 6.48. The molecule has 2 heterocycles. The molecule has 0 fully saturated rings. The number of hydrogen-bond donors (Lipinski definition) is 1. The van der Waals surface area contributed by atoms with Crippen LogP contribution in [0.2, 0.25) is 0 Å². The second-order valence-corrected chi connectivity index (χ2v) is 6.48. The zero-order valence-electron chi connectivity index (χ0n) is 14.5.